The second kappa shape index (κ2) is 10.3. The smallest absolute Gasteiger partial charge is 0.305 e. The van der Waals surface area contributed by atoms with Crippen molar-refractivity contribution in [1.82, 2.24) is 10.3 Å². The number of carbonyl (C=O) groups excluding carboxylic acids is 1. The summed E-state index contributed by atoms with van der Waals surface area (Å²) >= 11 is 0. The Bertz CT molecular complexity index is 960. The van der Waals surface area contributed by atoms with Gasteiger partial charge in [0, 0.05) is 29.9 Å². The average molecular weight is 423 g/mol. The Morgan fingerprint density at radius 1 is 1.26 bits per heavy atom. The summed E-state index contributed by atoms with van der Waals surface area (Å²) in [5, 5.41) is 23.5. The molecule has 1 aromatic heterocycles. The predicted molar refractivity (Wildman–Crippen MR) is 115 cm³/mol. The van der Waals surface area contributed by atoms with Crippen LogP contribution < -0.4 is 11.1 Å². The molecule has 0 saturated heterocycles. The largest absolute Gasteiger partial charge is 0.481 e. The molecule has 2 heterocycles. The second-order valence-electron chi connectivity index (χ2n) is 7.39. The summed E-state index contributed by atoms with van der Waals surface area (Å²) in [6.45, 7) is 0. The Morgan fingerprint density at radius 3 is 2.68 bits per heavy atom. The van der Waals surface area contributed by atoms with E-state index in [9.17, 15) is 9.59 Å². The van der Waals surface area contributed by atoms with E-state index < -0.39 is 18.1 Å². The van der Waals surface area contributed by atoms with Gasteiger partial charge in [-0.3, -0.25) is 20.0 Å². The quantitative estimate of drug-likeness (QED) is 0.338. The zero-order valence-corrected chi connectivity index (χ0v) is 17.0. The monoisotopic (exact) mass is 423 g/mol. The van der Waals surface area contributed by atoms with Gasteiger partial charge in [0.15, 0.2) is 0 Å². The molecule has 162 valence electrons. The number of pyridine rings is 1. The summed E-state index contributed by atoms with van der Waals surface area (Å²) in [7, 11) is 0. The van der Waals surface area contributed by atoms with E-state index >= 15 is 0 Å². The number of amides is 1. The number of carbonyl (C=O) groups is 2. The van der Waals surface area contributed by atoms with Gasteiger partial charge in [-0.25, -0.2) is 0 Å². The van der Waals surface area contributed by atoms with Gasteiger partial charge in [-0.2, -0.15) is 0 Å². The van der Waals surface area contributed by atoms with E-state index in [0.717, 1.165) is 11.3 Å². The van der Waals surface area contributed by atoms with Crippen LogP contribution in [0.4, 0.5) is 0 Å². The minimum Gasteiger partial charge on any atom is -0.481 e. The minimum absolute atomic E-state index is 0.00957. The first-order valence-electron chi connectivity index (χ1n) is 9.99. The van der Waals surface area contributed by atoms with Gasteiger partial charge in [0.05, 0.1) is 18.6 Å². The molecule has 1 amide bonds. The number of nitrogens with two attached hydrogens (primary N) is 1. The van der Waals surface area contributed by atoms with Gasteiger partial charge in [0.2, 0.25) is 5.91 Å². The molecule has 1 aromatic carbocycles. The third kappa shape index (κ3) is 6.63. The first kappa shape index (κ1) is 21.9. The van der Waals surface area contributed by atoms with Gasteiger partial charge in [-0.15, -0.1) is 0 Å². The molecule has 1 aliphatic rings. The lowest BCUT2D eigenvalue weighted by Crippen LogP contribution is -2.38. The van der Waals surface area contributed by atoms with Crippen molar-refractivity contribution in [2.45, 2.75) is 44.2 Å². The number of benzene rings is 1. The zero-order valence-electron chi connectivity index (χ0n) is 17.0. The van der Waals surface area contributed by atoms with Gasteiger partial charge in [-0.05, 0) is 30.5 Å². The fraction of sp³-hybridized carbons (Fsp3) is 0.318. The summed E-state index contributed by atoms with van der Waals surface area (Å²) in [6, 6.07) is 12.1. The summed E-state index contributed by atoms with van der Waals surface area (Å²) in [6.07, 6.45) is 2.70. The molecule has 1 aliphatic heterocycles. The maximum atomic E-state index is 12.5. The lowest BCUT2D eigenvalue weighted by molar-refractivity contribution is -0.137. The van der Waals surface area contributed by atoms with Gasteiger partial charge < -0.3 is 21.0 Å². The van der Waals surface area contributed by atoms with Crippen LogP contribution in [0, 0.1) is 5.41 Å². The topological polar surface area (TPSA) is 151 Å². The third-order valence-electron chi connectivity index (χ3n) is 4.94. The van der Waals surface area contributed by atoms with E-state index in [1.165, 1.54) is 0 Å². The molecule has 0 fully saturated rings. The Labute approximate surface area is 179 Å². The number of aryl methyl sites for hydroxylation is 1. The molecular formula is C22H25N5O4. The number of nitrogens with zero attached hydrogens (tertiary/aromatic N) is 2. The van der Waals surface area contributed by atoms with Gasteiger partial charge >= 0.3 is 5.97 Å². The second-order valence-corrected chi connectivity index (χ2v) is 7.39. The van der Waals surface area contributed by atoms with Crippen molar-refractivity contribution in [3.05, 3.63) is 65.5 Å². The maximum absolute atomic E-state index is 12.5. The number of hydrogen-bond donors (Lipinski definition) is 4. The molecule has 0 saturated carbocycles. The standard InChI is InChI=1S/C22H25N5O4/c23-22(24)15-6-4-14(5-7-15)19-12-18(31-27-19)13-20(28)26-17(11-21(29)30)9-8-16-3-1-2-10-25-16/h1-7,10,17-18H,8-9,11-13H2,(H3,23,24)(H,26,28)(H,29,30). The molecule has 31 heavy (non-hydrogen) atoms. The highest BCUT2D eigenvalue weighted by Crippen LogP contribution is 2.20. The molecule has 0 aliphatic carbocycles. The van der Waals surface area contributed by atoms with Crippen LogP contribution in [-0.4, -0.2) is 45.7 Å². The van der Waals surface area contributed by atoms with E-state index in [2.05, 4.69) is 15.5 Å². The van der Waals surface area contributed by atoms with Crippen LogP contribution in [0.2, 0.25) is 0 Å². The van der Waals surface area contributed by atoms with E-state index in [1.807, 2.05) is 30.3 Å². The van der Waals surface area contributed by atoms with Gasteiger partial charge in [0.25, 0.3) is 0 Å². The molecule has 3 rings (SSSR count). The normalized spacial score (nSPS) is 16.1. The molecule has 0 spiro atoms. The first-order chi connectivity index (χ1) is 14.9. The lowest BCUT2D eigenvalue weighted by Gasteiger charge is -2.18. The number of aliphatic carboxylic acids is 1. The number of carboxylic acids is 1. The van der Waals surface area contributed by atoms with Crippen molar-refractivity contribution in [1.29, 1.82) is 5.41 Å². The van der Waals surface area contributed by atoms with Crippen molar-refractivity contribution in [2.24, 2.45) is 10.9 Å². The average Bonchev–Trinajstić information content (AvgIpc) is 3.20. The van der Waals surface area contributed by atoms with Crippen molar-refractivity contribution in [2.75, 3.05) is 0 Å². The number of amidine groups is 1. The number of nitrogen functional groups attached to an aromatic ring is 1. The van der Waals surface area contributed by atoms with Crippen LogP contribution in [0.25, 0.3) is 0 Å². The van der Waals surface area contributed by atoms with E-state index in [1.54, 1.807) is 18.3 Å². The fourth-order valence-electron chi connectivity index (χ4n) is 3.35. The van der Waals surface area contributed by atoms with E-state index in [-0.39, 0.29) is 24.6 Å². The number of nitrogens with one attached hydrogen (secondary N) is 2. The molecule has 9 heteroatoms. The Kier molecular flexibility index (Phi) is 7.31. The van der Waals surface area contributed by atoms with Crippen LogP contribution in [0.5, 0.6) is 0 Å². The number of carboxylic acid groups (broad SMARTS) is 1. The number of aromatic nitrogens is 1. The molecule has 0 radical (unpaired) electrons. The Hall–Kier alpha value is -3.75. The van der Waals surface area contributed by atoms with Crippen LogP contribution in [0.3, 0.4) is 0 Å². The first-order valence-corrected chi connectivity index (χ1v) is 9.99. The third-order valence-corrected chi connectivity index (χ3v) is 4.94. The Balaban J connectivity index is 1.50. The van der Waals surface area contributed by atoms with Gasteiger partial charge in [0.1, 0.15) is 11.9 Å². The summed E-state index contributed by atoms with van der Waals surface area (Å²) in [5.41, 5.74) is 8.48. The summed E-state index contributed by atoms with van der Waals surface area (Å²) < 4.78 is 0. The molecule has 9 nitrogen and oxygen atoms in total. The van der Waals surface area contributed by atoms with Crippen molar-refractivity contribution in [3.63, 3.8) is 0 Å². The fourth-order valence-corrected chi connectivity index (χ4v) is 3.35. The summed E-state index contributed by atoms with van der Waals surface area (Å²) in [5.74, 6) is -1.26. The number of hydrogen-bond acceptors (Lipinski definition) is 6. The van der Waals surface area contributed by atoms with E-state index in [0.29, 0.717) is 30.5 Å². The maximum Gasteiger partial charge on any atom is 0.305 e. The highest BCUT2D eigenvalue weighted by Gasteiger charge is 2.26. The molecule has 5 N–H and O–H groups in total. The number of rotatable bonds is 10. The molecule has 2 atom stereocenters. The van der Waals surface area contributed by atoms with Crippen molar-refractivity contribution < 1.29 is 19.5 Å². The molecular weight excluding hydrogens is 398 g/mol. The van der Waals surface area contributed by atoms with Crippen LogP contribution in [-0.2, 0) is 20.8 Å². The molecule has 2 aromatic rings. The highest BCUT2D eigenvalue weighted by atomic mass is 16.6. The van der Waals surface area contributed by atoms with Crippen molar-refractivity contribution in [3.8, 4) is 0 Å². The summed E-state index contributed by atoms with van der Waals surface area (Å²) in [4.78, 5) is 33.3. The Morgan fingerprint density at radius 2 is 2.03 bits per heavy atom. The zero-order chi connectivity index (χ0) is 22.2. The minimum atomic E-state index is -0.969. The van der Waals surface area contributed by atoms with Crippen molar-refractivity contribution >= 4 is 23.4 Å². The number of oxime groups is 1. The van der Waals surface area contributed by atoms with E-state index in [4.69, 9.17) is 21.1 Å². The van der Waals surface area contributed by atoms with Crippen LogP contribution in [0.15, 0.2) is 53.8 Å². The molecule has 2 unspecified atom stereocenters. The van der Waals surface area contributed by atoms with Crippen LogP contribution >= 0.6 is 0 Å². The molecule has 0 bridgehead atoms. The SMILES string of the molecule is N=C(N)c1ccc(C2=NOC(CC(=O)NC(CCc3ccccn3)CC(=O)O)C2)cc1. The highest BCUT2D eigenvalue weighted by molar-refractivity contribution is 6.02. The lowest BCUT2D eigenvalue weighted by atomic mass is 10.0. The van der Waals surface area contributed by atoms with Crippen LogP contribution in [0.1, 0.15) is 42.5 Å². The predicted octanol–water partition coefficient (Wildman–Crippen LogP) is 1.84. The van der Waals surface area contributed by atoms with Gasteiger partial charge in [-0.1, -0.05) is 35.5 Å².